The van der Waals surface area contributed by atoms with E-state index in [-0.39, 0.29) is 5.69 Å². The number of methoxy groups -OCH3 is 1. The number of carbonyl (C=O) groups excluding carboxylic acids is 1. The van der Waals surface area contributed by atoms with Crippen LogP contribution in [0.2, 0.25) is 0 Å². The first-order valence-corrected chi connectivity index (χ1v) is 8.88. The van der Waals surface area contributed by atoms with Gasteiger partial charge in [0.1, 0.15) is 6.26 Å². The lowest BCUT2D eigenvalue weighted by Gasteiger charge is -2.47. The lowest BCUT2D eigenvalue weighted by Crippen LogP contribution is -2.58. The van der Waals surface area contributed by atoms with E-state index in [0.717, 1.165) is 32.8 Å². The van der Waals surface area contributed by atoms with E-state index in [9.17, 15) is 4.79 Å². The maximum Gasteiger partial charge on any atom is 0.360 e. The van der Waals surface area contributed by atoms with Crippen LogP contribution in [0, 0.1) is 0 Å². The van der Waals surface area contributed by atoms with Crippen molar-refractivity contribution in [1.29, 1.82) is 0 Å². The van der Waals surface area contributed by atoms with E-state index >= 15 is 0 Å². The summed E-state index contributed by atoms with van der Waals surface area (Å²) in [6.45, 7) is 4.84. The Labute approximate surface area is 152 Å². The lowest BCUT2D eigenvalue weighted by atomic mass is 10.0. The topological polar surface area (TPSA) is 68.0 Å². The summed E-state index contributed by atoms with van der Waals surface area (Å²) in [6, 6.07) is 11.2. The highest BCUT2D eigenvalue weighted by molar-refractivity contribution is 5.86. The quantitative estimate of drug-likeness (QED) is 0.772. The number of benzene rings is 1. The van der Waals surface area contributed by atoms with Gasteiger partial charge in [-0.15, -0.1) is 0 Å². The number of oxazole rings is 1. The minimum absolute atomic E-state index is 0.214. The molecule has 0 aliphatic carbocycles. The van der Waals surface area contributed by atoms with E-state index in [1.54, 1.807) is 0 Å². The molecule has 1 aromatic carbocycles. The third-order valence-corrected chi connectivity index (χ3v) is 5.09. The van der Waals surface area contributed by atoms with E-state index in [4.69, 9.17) is 9.15 Å². The van der Waals surface area contributed by atoms with Crippen LogP contribution in [-0.4, -0.2) is 66.8 Å². The van der Waals surface area contributed by atoms with Crippen molar-refractivity contribution < 1.29 is 18.7 Å². The molecule has 7 nitrogen and oxygen atoms in total. The molecule has 2 aromatic rings. The van der Waals surface area contributed by atoms with Gasteiger partial charge in [-0.25, -0.2) is 9.78 Å². The van der Waals surface area contributed by atoms with Gasteiger partial charge in [-0.2, -0.15) is 0 Å². The second-order valence-electron chi connectivity index (χ2n) is 6.71. The predicted molar refractivity (Wildman–Crippen MR) is 93.6 cm³/mol. The maximum atomic E-state index is 11.5. The van der Waals surface area contributed by atoms with E-state index in [0.29, 0.717) is 24.5 Å². The fraction of sp³-hybridized carbons (Fsp3) is 0.474. The second kappa shape index (κ2) is 7.57. The Balaban J connectivity index is 1.40. The smallest absolute Gasteiger partial charge is 0.360 e. The molecule has 0 saturated carbocycles. The van der Waals surface area contributed by atoms with Gasteiger partial charge in [-0.1, -0.05) is 30.3 Å². The van der Waals surface area contributed by atoms with Crippen LogP contribution >= 0.6 is 0 Å². The van der Waals surface area contributed by atoms with Crippen molar-refractivity contribution in [3.63, 3.8) is 0 Å². The Morgan fingerprint density at radius 1 is 1.27 bits per heavy atom. The highest BCUT2D eigenvalue weighted by Crippen LogP contribution is 2.29. The third-order valence-electron chi connectivity index (χ3n) is 5.09. The Kier molecular flexibility index (Phi) is 5.01. The summed E-state index contributed by atoms with van der Waals surface area (Å²) in [4.78, 5) is 20.6. The Bertz CT molecular complexity index is 748. The first kappa shape index (κ1) is 17.2. The number of fused-ring (bicyclic) bond motifs is 1. The van der Waals surface area contributed by atoms with Crippen LogP contribution in [0.1, 0.15) is 28.0 Å². The molecule has 138 valence electrons. The van der Waals surface area contributed by atoms with Gasteiger partial charge in [-0.3, -0.25) is 9.80 Å². The van der Waals surface area contributed by atoms with E-state index < -0.39 is 5.97 Å². The summed E-state index contributed by atoms with van der Waals surface area (Å²) in [7, 11) is 1.34. The molecular formula is C19H23N3O4. The van der Waals surface area contributed by atoms with Crippen molar-refractivity contribution in [2.45, 2.75) is 18.6 Å². The van der Waals surface area contributed by atoms with Gasteiger partial charge in [0.15, 0.2) is 5.69 Å². The number of ether oxygens (including phenoxy) is 2. The van der Waals surface area contributed by atoms with Crippen LogP contribution in [-0.2, 0) is 16.0 Å². The third kappa shape index (κ3) is 3.51. The van der Waals surface area contributed by atoms with Gasteiger partial charge >= 0.3 is 5.97 Å². The van der Waals surface area contributed by atoms with Crippen molar-refractivity contribution in [2.75, 3.05) is 40.0 Å². The van der Waals surface area contributed by atoms with Crippen LogP contribution in [0.3, 0.4) is 0 Å². The zero-order valence-corrected chi connectivity index (χ0v) is 14.8. The minimum Gasteiger partial charge on any atom is -0.464 e. The summed E-state index contributed by atoms with van der Waals surface area (Å²) in [5, 5.41) is 0. The summed E-state index contributed by atoms with van der Waals surface area (Å²) >= 11 is 0. The van der Waals surface area contributed by atoms with Gasteiger partial charge in [0, 0.05) is 25.7 Å². The Morgan fingerprint density at radius 3 is 2.92 bits per heavy atom. The van der Waals surface area contributed by atoms with Crippen molar-refractivity contribution in [1.82, 2.24) is 14.8 Å². The molecule has 26 heavy (non-hydrogen) atoms. The average molecular weight is 357 g/mol. The Morgan fingerprint density at radius 2 is 2.12 bits per heavy atom. The SMILES string of the molecule is COC(=O)c1coc(CN2CCN3[C@@H](COC[C@@H]3c3ccccc3)C2)n1. The molecule has 2 atom stereocenters. The number of piperazine rings is 1. The van der Waals surface area contributed by atoms with Gasteiger partial charge in [0.2, 0.25) is 5.89 Å². The summed E-state index contributed by atoms with van der Waals surface area (Å²) in [6.07, 6.45) is 1.35. The van der Waals surface area contributed by atoms with Crippen molar-refractivity contribution in [3.8, 4) is 0 Å². The fourth-order valence-electron chi connectivity index (χ4n) is 3.78. The molecule has 3 heterocycles. The minimum atomic E-state index is -0.476. The number of hydrogen-bond acceptors (Lipinski definition) is 7. The average Bonchev–Trinajstić information content (AvgIpc) is 3.16. The highest BCUT2D eigenvalue weighted by atomic mass is 16.5. The number of morpholine rings is 1. The van der Waals surface area contributed by atoms with E-state index in [1.165, 1.54) is 18.9 Å². The monoisotopic (exact) mass is 357 g/mol. The zero-order chi connectivity index (χ0) is 17.9. The molecule has 4 rings (SSSR count). The van der Waals surface area contributed by atoms with E-state index in [2.05, 4.69) is 43.8 Å². The van der Waals surface area contributed by atoms with Gasteiger partial charge < -0.3 is 13.9 Å². The van der Waals surface area contributed by atoms with Crippen LogP contribution in [0.4, 0.5) is 0 Å². The molecule has 0 radical (unpaired) electrons. The van der Waals surface area contributed by atoms with Crippen molar-refractivity contribution in [2.24, 2.45) is 0 Å². The van der Waals surface area contributed by atoms with Crippen LogP contribution < -0.4 is 0 Å². The molecule has 7 heteroatoms. The number of aromatic nitrogens is 1. The summed E-state index contributed by atoms with van der Waals surface area (Å²) in [5.41, 5.74) is 1.52. The molecule has 2 fully saturated rings. The first-order chi connectivity index (χ1) is 12.7. The van der Waals surface area contributed by atoms with Crippen molar-refractivity contribution >= 4 is 5.97 Å². The van der Waals surface area contributed by atoms with Crippen LogP contribution in [0.25, 0.3) is 0 Å². The Hall–Kier alpha value is -2.22. The van der Waals surface area contributed by atoms with Gasteiger partial charge in [0.05, 0.1) is 32.9 Å². The largest absolute Gasteiger partial charge is 0.464 e. The molecule has 0 spiro atoms. The fourth-order valence-corrected chi connectivity index (χ4v) is 3.78. The molecule has 1 aromatic heterocycles. The number of hydrogen-bond donors (Lipinski definition) is 0. The maximum absolute atomic E-state index is 11.5. The van der Waals surface area contributed by atoms with Crippen LogP contribution in [0.15, 0.2) is 41.0 Å². The second-order valence-corrected chi connectivity index (χ2v) is 6.71. The highest BCUT2D eigenvalue weighted by Gasteiger charge is 2.36. The van der Waals surface area contributed by atoms with Gasteiger partial charge in [-0.05, 0) is 5.56 Å². The van der Waals surface area contributed by atoms with Crippen molar-refractivity contribution in [3.05, 3.63) is 53.7 Å². The molecule has 0 unspecified atom stereocenters. The number of carbonyl (C=O) groups is 1. The summed E-state index contributed by atoms with van der Waals surface area (Å²) < 4.78 is 16.0. The molecule has 0 amide bonds. The van der Waals surface area contributed by atoms with E-state index in [1.807, 2.05) is 6.07 Å². The van der Waals surface area contributed by atoms with Gasteiger partial charge in [0.25, 0.3) is 0 Å². The molecule has 2 aliphatic rings. The molecule has 0 bridgehead atoms. The zero-order valence-electron chi connectivity index (χ0n) is 14.8. The first-order valence-electron chi connectivity index (χ1n) is 8.88. The number of rotatable bonds is 4. The predicted octanol–water partition coefficient (Wildman–Crippen LogP) is 1.72. The molecule has 2 saturated heterocycles. The normalized spacial score (nSPS) is 24.2. The molecule has 0 N–H and O–H groups in total. The lowest BCUT2D eigenvalue weighted by molar-refractivity contribution is -0.0844. The number of esters is 1. The molecule has 2 aliphatic heterocycles. The standard InChI is InChI=1S/C19H23N3O4/c1-24-19(23)16-12-26-18(20-16)10-21-7-8-22-15(9-21)11-25-13-17(22)14-5-3-2-4-6-14/h2-6,12,15,17H,7-11,13H2,1H3/t15-,17-/m1/s1. The molecular weight excluding hydrogens is 334 g/mol. The van der Waals surface area contributed by atoms with Crippen LogP contribution in [0.5, 0.6) is 0 Å². The number of nitrogens with zero attached hydrogens (tertiary/aromatic N) is 3. The summed E-state index contributed by atoms with van der Waals surface area (Å²) in [5.74, 6) is 0.0615.